The predicted octanol–water partition coefficient (Wildman–Crippen LogP) is 1.42. The van der Waals surface area contributed by atoms with Crippen LogP contribution in [0.4, 0.5) is 0 Å². The van der Waals surface area contributed by atoms with Gasteiger partial charge >= 0.3 is 0 Å². The molecule has 72 valence electrons. The molecule has 0 N–H and O–H groups in total. The van der Waals surface area contributed by atoms with Crippen molar-refractivity contribution in [2.75, 3.05) is 0 Å². The van der Waals surface area contributed by atoms with Crippen LogP contribution in [0.15, 0.2) is 18.3 Å². The molecule has 1 aliphatic carbocycles. The fourth-order valence-electron chi connectivity index (χ4n) is 1.85. The van der Waals surface area contributed by atoms with Crippen molar-refractivity contribution in [3.63, 3.8) is 0 Å². The average Bonchev–Trinajstić information content (AvgIpc) is 2.18. The van der Waals surface area contributed by atoms with Gasteiger partial charge in [-0.3, -0.25) is 14.6 Å². The maximum atomic E-state index is 11.8. The van der Waals surface area contributed by atoms with Crippen LogP contribution in [0.1, 0.15) is 29.4 Å². The molecule has 0 saturated carbocycles. The molecule has 1 aromatic rings. The predicted molar refractivity (Wildman–Crippen MR) is 51.1 cm³/mol. The van der Waals surface area contributed by atoms with E-state index in [-0.39, 0.29) is 11.6 Å². The normalized spacial score (nSPS) is 20.4. The van der Waals surface area contributed by atoms with Crippen molar-refractivity contribution < 1.29 is 9.59 Å². The third-order valence-corrected chi connectivity index (χ3v) is 2.63. The highest BCUT2D eigenvalue weighted by atomic mass is 16.1. The van der Waals surface area contributed by atoms with Crippen molar-refractivity contribution in [2.24, 2.45) is 5.92 Å². The van der Waals surface area contributed by atoms with Gasteiger partial charge in [0.2, 0.25) is 0 Å². The number of rotatable bonds is 1. The van der Waals surface area contributed by atoms with Gasteiger partial charge in [-0.25, -0.2) is 0 Å². The molecular formula is C11H11NO2. The number of pyridine rings is 1. The van der Waals surface area contributed by atoms with Gasteiger partial charge in [0.1, 0.15) is 11.5 Å². The molecule has 1 atom stereocenters. The molecule has 0 amide bonds. The lowest BCUT2D eigenvalue weighted by Crippen LogP contribution is -2.28. The van der Waals surface area contributed by atoms with Gasteiger partial charge in [0.15, 0.2) is 5.78 Å². The quantitative estimate of drug-likeness (QED) is 0.627. The average molecular weight is 189 g/mol. The number of Topliss-reactive ketones (excluding diaryl/α,β-unsaturated/α-hetero) is 2. The first-order valence-corrected chi connectivity index (χ1v) is 4.68. The lowest BCUT2D eigenvalue weighted by atomic mass is 9.84. The van der Waals surface area contributed by atoms with Crippen LogP contribution in [-0.4, -0.2) is 16.6 Å². The SMILES string of the molecule is CC(=O)C1CCc2cccnc2C1=O. The molecule has 0 bridgehead atoms. The minimum absolute atomic E-state index is 0.0497. The van der Waals surface area contributed by atoms with Crippen LogP contribution in [0.3, 0.4) is 0 Å². The second-order valence-corrected chi connectivity index (χ2v) is 3.58. The number of ketones is 2. The molecule has 1 aromatic heterocycles. The van der Waals surface area contributed by atoms with Crippen molar-refractivity contribution in [2.45, 2.75) is 19.8 Å². The molecule has 0 spiro atoms. The molecule has 3 nitrogen and oxygen atoms in total. The summed E-state index contributed by atoms with van der Waals surface area (Å²) >= 11 is 0. The summed E-state index contributed by atoms with van der Waals surface area (Å²) < 4.78 is 0. The Bertz CT molecular complexity index is 398. The van der Waals surface area contributed by atoms with Crippen LogP contribution < -0.4 is 0 Å². The summed E-state index contributed by atoms with van der Waals surface area (Å²) in [4.78, 5) is 27.0. The van der Waals surface area contributed by atoms with Gasteiger partial charge in [-0.1, -0.05) is 6.07 Å². The Morgan fingerprint density at radius 1 is 1.57 bits per heavy atom. The highest BCUT2D eigenvalue weighted by molar-refractivity contribution is 6.10. The maximum absolute atomic E-state index is 11.8. The number of hydrogen-bond acceptors (Lipinski definition) is 3. The highest BCUT2D eigenvalue weighted by Gasteiger charge is 2.31. The first-order chi connectivity index (χ1) is 6.70. The third-order valence-electron chi connectivity index (χ3n) is 2.63. The van der Waals surface area contributed by atoms with E-state index in [2.05, 4.69) is 4.98 Å². The van der Waals surface area contributed by atoms with E-state index in [4.69, 9.17) is 0 Å². The molecule has 1 heterocycles. The van der Waals surface area contributed by atoms with Gasteiger partial charge in [-0.05, 0) is 31.4 Å². The molecule has 0 aliphatic heterocycles. The zero-order valence-electron chi connectivity index (χ0n) is 7.99. The second-order valence-electron chi connectivity index (χ2n) is 3.58. The van der Waals surface area contributed by atoms with E-state index >= 15 is 0 Å². The Hall–Kier alpha value is -1.51. The Morgan fingerprint density at radius 3 is 3.07 bits per heavy atom. The highest BCUT2D eigenvalue weighted by Crippen LogP contribution is 2.24. The van der Waals surface area contributed by atoms with E-state index in [1.807, 2.05) is 12.1 Å². The van der Waals surface area contributed by atoms with Crippen LogP contribution >= 0.6 is 0 Å². The van der Waals surface area contributed by atoms with E-state index in [1.165, 1.54) is 6.92 Å². The lowest BCUT2D eigenvalue weighted by Gasteiger charge is -2.19. The van der Waals surface area contributed by atoms with Gasteiger partial charge < -0.3 is 0 Å². The van der Waals surface area contributed by atoms with E-state index in [0.717, 1.165) is 12.0 Å². The maximum Gasteiger partial charge on any atom is 0.191 e. The topological polar surface area (TPSA) is 47.0 Å². The number of nitrogens with zero attached hydrogens (tertiary/aromatic N) is 1. The second kappa shape index (κ2) is 3.33. The number of carbonyl (C=O) groups is 2. The summed E-state index contributed by atoms with van der Waals surface area (Å²) in [6.07, 6.45) is 3.01. The molecule has 0 aromatic carbocycles. The molecular weight excluding hydrogens is 178 g/mol. The Kier molecular flexibility index (Phi) is 2.15. The monoisotopic (exact) mass is 189 g/mol. The molecule has 1 unspecified atom stereocenters. The van der Waals surface area contributed by atoms with E-state index in [1.54, 1.807) is 6.20 Å². The van der Waals surface area contributed by atoms with Crippen LogP contribution in [0.2, 0.25) is 0 Å². The standard InChI is InChI=1S/C11H11NO2/c1-7(13)9-5-4-8-3-2-6-12-10(8)11(9)14/h2-3,6,9H,4-5H2,1H3. The molecule has 3 heteroatoms. The van der Waals surface area contributed by atoms with Gasteiger partial charge in [0, 0.05) is 6.20 Å². The summed E-state index contributed by atoms with van der Waals surface area (Å²) in [6, 6.07) is 3.72. The van der Waals surface area contributed by atoms with Crippen molar-refractivity contribution in [3.8, 4) is 0 Å². The number of hydrogen-bond donors (Lipinski definition) is 0. The van der Waals surface area contributed by atoms with Crippen molar-refractivity contribution >= 4 is 11.6 Å². The minimum Gasteiger partial charge on any atom is -0.299 e. The van der Waals surface area contributed by atoms with Crippen LogP contribution in [0.25, 0.3) is 0 Å². The fraction of sp³-hybridized carbons (Fsp3) is 0.364. The van der Waals surface area contributed by atoms with Gasteiger partial charge in [-0.2, -0.15) is 0 Å². The molecule has 1 aliphatic rings. The number of carbonyl (C=O) groups excluding carboxylic acids is 2. The first-order valence-electron chi connectivity index (χ1n) is 4.68. The van der Waals surface area contributed by atoms with Gasteiger partial charge in [-0.15, -0.1) is 0 Å². The number of aromatic nitrogens is 1. The summed E-state index contributed by atoms with van der Waals surface area (Å²) in [7, 11) is 0. The van der Waals surface area contributed by atoms with Crippen LogP contribution in [0.5, 0.6) is 0 Å². The van der Waals surface area contributed by atoms with E-state index < -0.39 is 5.92 Å². The number of aryl methyl sites for hydroxylation is 1. The van der Waals surface area contributed by atoms with E-state index in [0.29, 0.717) is 12.1 Å². The van der Waals surface area contributed by atoms with Crippen molar-refractivity contribution in [3.05, 3.63) is 29.6 Å². The smallest absolute Gasteiger partial charge is 0.191 e. The fourth-order valence-corrected chi connectivity index (χ4v) is 1.85. The van der Waals surface area contributed by atoms with Crippen LogP contribution in [-0.2, 0) is 11.2 Å². The summed E-state index contributed by atoms with van der Waals surface area (Å²) in [5, 5.41) is 0. The first kappa shape index (κ1) is 9.06. The van der Waals surface area contributed by atoms with Crippen LogP contribution in [0, 0.1) is 5.92 Å². The molecule has 0 fully saturated rings. The van der Waals surface area contributed by atoms with Gasteiger partial charge in [0.25, 0.3) is 0 Å². The molecule has 14 heavy (non-hydrogen) atoms. The zero-order chi connectivity index (χ0) is 10.1. The van der Waals surface area contributed by atoms with Crippen molar-refractivity contribution in [1.82, 2.24) is 4.98 Å². The Balaban J connectivity index is 2.41. The summed E-state index contributed by atoms with van der Waals surface area (Å²) in [5.74, 6) is -0.622. The largest absolute Gasteiger partial charge is 0.299 e. The Labute approximate surface area is 82.2 Å². The van der Waals surface area contributed by atoms with Crippen molar-refractivity contribution in [1.29, 1.82) is 0 Å². The minimum atomic E-state index is -0.461. The Morgan fingerprint density at radius 2 is 2.36 bits per heavy atom. The molecule has 0 radical (unpaired) electrons. The summed E-state index contributed by atoms with van der Waals surface area (Å²) in [6.45, 7) is 1.47. The van der Waals surface area contributed by atoms with E-state index in [9.17, 15) is 9.59 Å². The zero-order valence-corrected chi connectivity index (χ0v) is 7.99. The number of fused-ring (bicyclic) bond motifs is 1. The molecule has 0 saturated heterocycles. The third kappa shape index (κ3) is 1.35. The molecule has 2 rings (SSSR count). The summed E-state index contributed by atoms with van der Waals surface area (Å²) in [5.41, 5.74) is 1.45. The van der Waals surface area contributed by atoms with Gasteiger partial charge in [0.05, 0.1) is 5.92 Å². The lowest BCUT2D eigenvalue weighted by molar-refractivity contribution is -0.119.